The van der Waals surface area contributed by atoms with Crippen LogP contribution in [0.25, 0.3) is 0 Å². The molecule has 0 bridgehead atoms. The van der Waals surface area contributed by atoms with Gasteiger partial charge in [-0.05, 0) is 65.5 Å². The van der Waals surface area contributed by atoms with Crippen molar-refractivity contribution in [2.24, 2.45) is 0 Å². The second kappa shape index (κ2) is 7.71. The standard InChI is InChI=1S/C16H21BrFN3/c1-3-7-19-16(8-12-10-20-21(4-2)11-12)13-5-6-15(18)14(17)9-13/h5-6,9-11,16,19H,3-4,7-8H2,1-2H3. The average Bonchev–Trinajstić information content (AvgIpc) is 2.94. The second-order valence-corrected chi connectivity index (χ2v) is 5.94. The summed E-state index contributed by atoms with van der Waals surface area (Å²) in [5.41, 5.74) is 2.27. The fraction of sp³-hybridized carbons (Fsp3) is 0.438. The highest BCUT2D eigenvalue weighted by Crippen LogP contribution is 2.24. The van der Waals surface area contributed by atoms with Gasteiger partial charge in [0, 0.05) is 18.8 Å². The second-order valence-electron chi connectivity index (χ2n) is 5.09. The molecule has 1 heterocycles. The third-order valence-corrected chi connectivity index (χ3v) is 4.05. The Bertz CT molecular complexity index is 583. The van der Waals surface area contributed by atoms with Gasteiger partial charge in [-0.3, -0.25) is 4.68 Å². The highest BCUT2D eigenvalue weighted by molar-refractivity contribution is 9.10. The van der Waals surface area contributed by atoms with Crippen LogP contribution in [0.4, 0.5) is 4.39 Å². The van der Waals surface area contributed by atoms with Crippen LogP contribution in [-0.4, -0.2) is 16.3 Å². The zero-order valence-electron chi connectivity index (χ0n) is 12.4. The van der Waals surface area contributed by atoms with Gasteiger partial charge in [0.1, 0.15) is 5.82 Å². The first kappa shape index (κ1) is 16.2. The predicted octanol–water partition coefficient (Wildman–Crippen LogP) is 4.09. The number of benzene rings is 1. The number of hydrogen-bond donors (Lipinski definition) is 1. The smallest absolute Gasteiger partial charge is 0.137 e. The van der Waals surface area contributed by atoms with Crippen LogP contribution < -0.4 is 5.32 Å². The number of nitrogens with zero attached hydrogens (tertiary/aromatic N) is 2. The molecule has 0 amide bonds. The molecule has 0 fully saturated rings. The van der Waals surface area contributed by atoms with Crippen molar-refractivity contribution in [1.29, 1.82) is 0 Å². The van der Waals surface area contributed by atoms with Gasteiger partial charge in [-0.25, -0.2) is 4.39 Å². The van der Waals surface area contributed by atoms with Crippen molar-refractivity contribution in [1.82, 2.24) is 15.1 Å². The van der Waals surface area contributed by atoms with E-state index in [4.69, 9.17) is 0 Å². The molecular weight excluding hydrogens is 333 g/mol. The Balaban J connectivity index is 2.18. The fourth-order valence-corrected chi connectivity index (χ4v) is 2.67. The molecule has 2 rings (SSSR count). The minimum Gasteiger partial charge on any atom is -0.310 e. The van der Waals surface area contributed by atoms with Gasteiger partial charge in [0.2, 0.25) is 0 Å². The van der Waals surface area contributed by atoms with Gasteiger partial charge in [-0.1, -0.05) is 13.0 Å². The van der Waals surface area contributed by atoms with Crippen LogP contribution in [0.5, 0.6) is 0 Å². The summed E-state index contributed by atoms with van der Waals surface area (Å²) in [7, 11) is 0. The van der Waals surface area contributed by atoms with E-state index in [1.165, 1.54) is 11.6 Å². The Morgan fingerprint density at radius 3 is 2.81 bits per heavy atom. The quantitative estimate of drug-likeness (QED) is 0.812. The summed E-state index contributed by atoms with van der Waals surface area (Å²) < 4.78 is 15.8. The predicted molar refractivity (Wildman–Crippen MR) is 86.7 cm³/mol. The van der Waals surface area contributed by atoms with Crippen LogP contribution in [0, 0.1) is 5.82 Å². The Morgan fingerprint density at radius 1 is 1.38 bits per heavy atom. The summed E-state index contributed by atoms with van der Waals surface area (Å²) in [6.07, 6.45) is 5.88. The molecule has 5 heteroatoms. The minimum atomic E-state index is -0.230. The minimum absolute atomic E-state index is 0.163. The summed E-state index contributed by atoms with van der Waals surface area (Å²) in [5.74, 6) is -0.230. The van der Waals surface area contributed by atoms with Gasteiger partial charge < -0.3 is 5.32 Å². The van der Waals surface area contributed by atoms with E-state index in [-0.39, 0.29) is 11.9 Å². The molecule has 0 saturated heterocycles. The number of nitrogens with one attached hydrogen (secondary N) is 1. The first-order valence-corrected chi connectivity index (χ1v) is 8.13. The van der Waals surface area contributed by atoms with Crippen LogP contribution in [0.3, 0.4) is 0 Å². The lowest BCUT2D eigenvalue weighted by atomic mass is 10.0. The van der Waals surface area contributed by atoms with Gasteiger partial charge in [-0.15, -0.1) is 0 Å². The van der Waals surface area contributed by atoms with Gasteiger partial charge >= 0.3 is 0 Å². The third-order valence-electron chi connectivity index (χ3n) is 3.44. The molecule has 114 valence electrons. The van der Waals surface area contributed by atoms with Crippen molar-refractivity contribution in [3.63, 3.8) is 0 Å². The summed E-state index contributed by atoms with van der Waals surface area (Å²) in [6, 6.07) is 5.37. The lowest BCUT2D eigenvalue weighted by Gasteiger charge is -2.19. The molecule has 21 heavy (non-hydrogen) atoms. The maximum absolute atomic E-state index is 13.4. The molecule has 0 radical (unpaired) electrons. The topological polar surface area (TPSA) is 29.9 Å². The molecule has 0 spiro atoms. The number of rotatable bonds is 7. The van der Waals surface area contributed by atoms with E-state index in [0.29, 0.717) is 4.47 Å². The summed E-state index contributed by atoms with van der Waals surface area (Å²) in [4.78, 5) is 0. The Morgan fingerprint density at radius 2 is 2.19 bits per heavy atom. The maximum atomic E-state index is 13.4. The van der Waals surface area contributed by atoms with Crippen LogP contribution in [0.15, 0.2) is 35.1 Å². The van der Waals surface area contributed by atoms with E-state index in [1.54, 1.807) is 0 Å². The zero-order chi connectivity index (χ0) is 15.2. The highest BCUT2D eigenvalue weighted by Gasteiger charge is 2.14. The molecule has 1 aromatic carbocycles. The maximum Gasteiger partial charge on any atom is 0.137 e. The third kappa shape index (κ3) is 4.38. The fourth-order valence-electron chi connectivity index (χ4n) is 2.28. The molecule has 1 unspecified atom stereocenters. The summed E-state index contributed by atoms with van der Waals surface area (Å²) in [5, 5.41) is 7.84. The average molecular weight is 354 g/mol. The van der Waals surface area contributed by atoms with E-state index in [0.717, 1.165) is 31.5 Å². The lowest BCUT2D eigenvalue weighted by molar-refractivity contribution is 0.526. The Hall–Kier alpha value is -1.20. The van der Waals surface area contributed by atoms with Crippen LogP contribution in [-0.2, 0) is 13.0 Å². The molecule has 0 aliphatic rings. The number of hydrogen-bond acceptors (Lipinski definition) is 2. The number of aryl methyl sites for hydroxylation is 1. The molecule has 3 nitrogen and oxygen atoms in total. The Kier molecular flexibility index (Phi) is 5.94. The van der Waals surface area contributed by atoms with Gasteiger partial charge in [-0.2, -0.15) is 5.10 Å². The first-order chi connectivity index (χ1) is 10.1. The number of halogens is 2. The van der Waals surface area contributed by atoms with E-state index in [9.17, 15) is 4.39 Å². The molecule has 1 N–H and O–H groups in total. The van der Waals surface area contributed by atoms with E-state index in [2.05, 4.69) is 46.4 Å². The summed E-state index contributed by atoms with van der Waals surface area (Å²) in [6.45, 7) is 6.01. The molecule has 0 aliphatic heterocycles. The molecular formula is C16H21BrFN3. The van der Waals surface area contributed by atoms with E-state index in [1.807, 2.05) is 23.0 Å². The van der Waals surface area contributed by atoms with Crippen molar-refractivity contribution in [3.05, 3.63) is 52.0 Å². The van der Waals surface area contributed by atoms with E-state index >= 15 is 0 Å². The van der Waals surface area contributed by atoms with Gasteiger partial charge in [0.05, 0.1) is 10.7 Å². The van der Waals surface area contributed by atoms with Crippen molar-refractivity contribution < 1.29 is 4.39 Å². The monoisotopic (exact) mass is 353 g/mol. The van der Waals surface area contributed by atoms with Crippen molar-refractivity contribution in [3.8, 4) is 0 Å². The lowest BCUT2D eigenvalue weighted by Crippen LogP contribution is -2.24. The van der Waals surface area contributed by atoms with Crippen LogP contribution in [0.2, 0.25) is 0 Å². The Labute approximate surface area is 133 Å². The first-order valence-electron chi connectivity index (χ1n) is 7.33. The molecule has 1 atom stereocenters. The normalized spacial score (nSPS) is 12.6. The SMILES string of the molecule is CCCNC(Cc1cnn(CC)c1)c1ccc(F)c(Br)c1. The summed E-state index contributed by atoms with van der Waals surface area (Å²) >= 11 is 3.26. The van der Waals surface area contributed by atoms with Crippen molar-refractivity contribution >= 4 is 15.9 Å². The zero-order valence-corrected chi connectivity index (χ0v) is 14.0. The largest absolute Gasteiger partial charge is 0.310 e. The molecule has 0 aliphatic carbocycles. The highest BCUT2D eigenvalue weighted by atomic mass is 79.9. The number of aromatic nitrogens is 2. The molecule has 1 aromatic heterocycles. The molecule has 2 aromatic rings. The van der Waals surface area contributed by atoms with Gasteiger partial charge in [0.15, 0.2) is 0 Å². The van der Waals surface area contributed by atoms with Crippen LogP contribution >= 0.6 is 15.9 Å². The van der Waals surface area contributed by atoms with Crippen molar-refractivity contribution in [2.75, 3.05) is 6.54 Å². The van der Waals surface area contributed by atoms with E-state index < -0.39 is 0 Å². The van der Waals surface area contributed by atoms with Crippen LogP contribution in [0.1, 0.15) is 37.4 Å². The van der Waals surface area contributed by atoms with Gasteiger partial charge in [0.25, 0.3) is 0 Å². The molecule has 0 saturated carbocycles. The van der Waals surface area contributed by atoms with Crippen molar-refractivity contribution in [2.45, 2.75) is 39.3 Å².